The summed E-state index contributed by atoms with van der Waals surface area (Å²) in [6.07, 6.45) is 13.2. The first-order chi connectivity index (χ1) is 66.1. The number of ether oxygens (including phenoxy) is 2. The summed E-state index contributed by atoms with van der Waals surface area (Å²) >= 11 is 0. The summed E-state index contributed by atoms with van der Waals surface area (Å²) in [4.78, 5) is 133. The van der Waals surface area contributed by atoms with E-state index >= 15 is 17.6 Å². The average molecular weight is 1880 g/mol. The molecule has 6 aliphatic heterocycles. The van der Waals surface area contributed by atoms with Crippen molar-refractivity contribution in [1.29, 1.82) is 0 Å². The Morgan fingerprint density at radius 1 is 0.478 bits per heavy atom. The van der Waals surface area contributed by atoms with Crippen LogP contribution in [-0.4, -0.2) is 200 Å². The molecular formula is C106H110F4N14O14. The number of urea groups is 2. The fourth-order valence-corrected chi connectivity index (χ4v) is 20.7. The van der Waals surface area contributed by atoms with E-state index < -0.39 is 58.3 Å². The predicted octanol–water partition coefficient (Wildman–Crippen LogP) is 15.0. The van der Waals surface area contributed by atoms with Crippen molar-refractivity contribution in [2.75, 3.05) is 113 Å². The second kappa shape index (κ2) is 39.4. The maximum absolute atomic E-state index is 15.3. The largest absolute Gasteiger partial charge is 0.495 e. The molecule has 10 aromatic rings. The third-order valence-electron chi connectivity index (χ3n) is 29.0. The topological polar surface area (TPSA) is 355 Å². The van der Waals surface area contributed by atoms with Crippen LogP contribution in [0.4, 0.5) is 49.9 Å². The quantitative estimate of drug-likeness (QED) is 0.0292. The molecule has 6 fully saturated rings. The number of piperidine rings is 4. The van der Waals surface area contributed by atoms with Gasteiger partial charge in [-0.2, -0.15) is 0 Å². The first kappa shape index (κ1) is 95.9. The van der Waals surface area contributed by atoms with Crippen LogP contribution in [0.5, 0.6) is 11.5 Å². The maximum atomic E-state index is 15.3. The number of allylic oxidation sites excluding steroid dienone is 2. The summed E-state index contributed by atoms with van der Waals surface area (Å²) < 4.78 is 71.6. The number of carbonyl (C=O) groups excluding carboxylic acids is 8. The Morgan fingerprint density at radius 3 is 1.20 bits per heavy atom. The van der Waals surface area contributed by atoms with Gasteiger partial charge in [-0.05, 0) is 257 Å². The van der Waals surface area contributed by atoms with Gasteiger partial charge in [0.05, 0.1) is 70.7 Å². The molecule has 8 N–H and O–H groups in total. The summed E-state index contributed by atoms with van der Waals surface area (Å²) in [6.45, 7) is 16.8. The zero-order valence-corrected chi connectivity index (χ0v) is 78.1. The molecule has 0 saturated carbocycles. The molecule has 6 saturated heterocycles. The van der Waals surface area contributed by atoms with Crippen molar-refractivity contribution in [3.63, 3.8) is 0 Å². The number of fused-ring (bicyclic) bond motifs is 2. The van der Waals surface area contributed by atoms with Crippen LogP contribution < -0.4 is 40.5 Å². The van der Waals surface area contributed by atoms with E-state index in [2.05, 4.69) is 99.5 Å². The summed E-state index contributed by atoms with van der Waals surface area (Å²) in [5.74, 6) is -4.35. The molecule has 8 aromatic carbocycles. The number of aliphatic hydroxyl groups excluding tert-OH is 2. The molecule has 8 heterocycles. The van der Waals surface area contributed by atoms with Gasteiger partial charge >= 0.3 is 12.1 Å². The molecule has 0 unspecified atom stereocenters. The Morgan fingerprint density at radius 2 is 0.855 bits per heavy atom. The lowest BCUT2D eigenvalue weighted by Gasteiger charge is -2.51. The van der Waals surface area contributed by atoms with Gasteiger partial charge in [-0.3, -0.25) is 59.0 Å². The van der Waals surface area contributed by atoms with E-state index in [0.717, 1.165) is 133 Å². The van der Waals surface area contributed by atoms with E-state index in [1.807, 2.05) is 22.0 Å². The third-order valence-corrected chi connectivity index (χ3v) is 29.0. The van der Waals surface area contributed by atoms with Crippen LogP contribution in [0.3, 0.4) is 0 Å². The van der Waals surface area contributed by atoms with Gasteiger partial charge in [0.2, 0.25) is 11.8 Å². The maximum Gasteiger partial charge on any atom is 0.328 e. The SMILES string of the molecule is COc1ccc(C(=O)N2CCC3(CCN(Cc4ccc(C5=Cc6c(ncnc6-c6cc(F)cc(NC(=O)c7ccc(C(C)(C)O)cc7F)c6C)C5)cc4)C[C@@H]3CO)CC2)cc1N1CCC(=O)NC1=O.COc1ccc(C(=O)N2CCC3(CCN(Cc4ccc(C5=Cc6c(ncnc6-c6cc(F)cc(NC(=O)c7ccc(C(C)(C)O)cc7F)c6C)C5)cc4)C[C@H]3CO)CC2)cc1N1CCC(=O)NC1=O. The lowest BCUT2D eigenvalue weighted by Crippen LogP contribution is -2.54. The molecule has 18 rings (SSSR count). The fraction of sp³-hybridized carbons (Fsp3) is 0.358. The predicted molar refractivity (Wildman–Crippen MR) is 513 cm³/mol. The molecule has 138 heavy (non-hydrogen) atoms. The number of aromatic nitrogens is 4. The van der Waals surface area contributed by atoms with Crippen molar-refractivity contribution < 1.29 is 85.8 Å². The second-order valence-electron chi connectivity index (χ2n) is 38.2. The number of aliphatic hydroxyl groups is 4. The number of hydrogen-bond donors (Lipinski definition) is 8. The van der Waals surface area contributed by atoms with Gasteiger partial charge in [-0.25, -0.2) is 47.1 Å². The Kier molecular flexibility index (Phi) is 27.4. The number of methoxy groups -OCH3 is 2. The number of imide groups is 2. The second-order valence-corrected chi connectivity index (χ2v) is 38.2. The highest BCUT2D eigenvalue weighted by Gasteiger charge is 2.48. The number of hydrogen-bond acceptors (Lipinski definition) is 20. The lowest BCUT2D eigenvalue weighted by atomic mass is 9.64. The van der Waals surface area contributed by atoms with Gasteiger partial charge < -0.3 is 50.3 Å². The average Bonchev–Trinajstić information content (AvgIpc) is 1.67. The highest BCUT2D eigenvalue weighted by Crippen LogP contribution is 2.50. The standard InChI is InChI=1S/2C53H55F2N7O7/c2*1-31-40(25-38(54)26-43(31)58-49(65)39-11-10-36(24-42(39)55)52(2,3)68)48-41-21-35(22-44(41)56-30-57-48)33-7-5-32(6-8-33)27-60-18-14-53(37(28-60)29-63)15-19-61(20-16-53)50(66)34-9-12-46(69-4)45(23-34)62-17-13-47(64)59-51(62)67/h2*5-12,21,23-26,30,37,63,68H,13-20,22,27-29H2,1-4H3,(H,58,65)(H,59,64,67)/t2*37-/m10/s1. The first-order valence-corrected chi connectivity index (χ1v) is 46.5. The van der Waals surface area contributed by atoms with Gasteiger partial charge in [0.1, 0.15) is 47.4 Å². The van der Waals surface area contributed by atoms with Crippen LogP contribution in [0.25, 0.3) is 45.8 Å². The highest BCUT2D eigenvalue weighted by molar-refractivity contribution is 6.10. The van der Waals surface area contributed by atoms with Crippen LogP contribution in [0, 0.1) is 59.8 Å². The molecule has 0 radical (unpaired) electrons. The summed E-state index contributed by atoms with van der Waals surface area (Å²) in [5.41, 5.74) is 11.9. The molecule has 8 aliphatic rings. The van der Waals surface area contributed by atoms with Crippen LogP contribution in [0.15, 0.2) is 158 Å². The minimum Gasteiger partial charge on any atom is -0.495 e. The molecule has 0 bridgehead atoms. The van der Waals surface area contributed by atoms with Gasteiger partial charge in [0, 0.05) is 161 Å². The van der Waals surface area contributed by atoms with E-state index in [1.54, 1.807) is 50.2 Å². The Labute approximate surface area is 796 Å². The van der Waals surface area contributed by atoms with Crippen molar-refractivity contribution in [3.8, 4) is 34.0 Å². The van der Waals surface area contributed by atoms with Crippen LogP contribution >= 0.6 is 0 Å². The Balaban J connectivity index is 0.000000191. The number of benzene rings is 8. The monoisotopic (exact) mass is 1880 g/mol. The van der Waals surface area contributed by atoms with Gasteiger partial charge in [-0.15, -0.1) is 0 Å². The summed E-state index contributed by atoms with van der Waals surface area (Å²) in [5, 5.41) is 52.0. The number of nitrogens with one attached hydrogen (secondary N) is 4. The van der Waals surface area contributed by atoms with Gasteiger partial charge in [0.15, 0.2) is 0 Å². The minimum absolute atomic E-state index is 0.0443. The van der Waals surface area contributed by atoms with E-state index in [-0.39, 0.29) is 108 Å². The molecule has 2 aromatic heterocycles. The molecule has 10 amide bonds. The van der Waals surface area contributed by atoms with E-state index in [1.165, 1.54) is 113 Å². The fourth-order valence-electron chi connectivity index (χ4n) is 20.7. The Hall–Kier alpha value is -13.8. The van der Waals surface area contributed by atoms with Crippen molar-refractivity contribution in [1.82, 2.24) is 50.2 Å². The smallest absolute Gasteiger partial charge is 0.328 e. The zero-order chi connectivity index (χ0) is 97.6. The van der Waals surface area contributed by atoms with Crippen LogP contribution in [-0.2, 0) is 46.7 Å². The number of halogens is 4. The highest BCUT2D eigenvalue weighted by atomic mass is 19.1. The summed E-state index contributed by atoms with van der Waals surface area (Å²) in [7, 11) is 2.99. The number of likely N-dealkylation sites (tertiary alicyclic amines) is 4. The normalized spacial score (nSPS) is 18.2. The van der Waals surface area contributed by atoms with Crippen LogP contribution in [0.2, 0.25) is 0 Å². The van der Waals surface area contributed by atoms with E-state index in [4.69, 9.17) is 9.47 Å². The van der Waals surface area contributed by atoms with E-state index in [0.29, 0.717) is 131 Å². The van der Waals surface area contributed by atoms with Crippen molar-refractivity contribution in [3.05, 3.63) is 271 Å². The van der Waals surface area contributed by atoms with Crippen molar-refractivity contribution >= 4 is 93.6 Å². The third kappa shape index (κ3) is 19.9. The number of amides is 10. The molecule has 28 nitrogen and oxygen atoms in total. The van der Waals surface area contributed by atoms with Gasteiger partial charge in [0.25, 0.3) is 23.6 Å². The molecule has 2 atom stereocenters. The van der Waals surface area contributed by atoms with Gasteiger partial charge in [-0.1, -0.05) is 60.7 Å². The van der Waals surface area contributed by atoms with Crippen LogP contribution in [0.1, 0.15) is 188 Å². The summed E-state index contributed by atoms with van der Waals surface area (Å²) in [6, 6.07) is 38.7. The molecule has 32 heteroatoms. The Bertz CT molecular complexity index is 6170. The molecular weight excluding hydrogens is 1770 g/mol. The lowest BCUT2D eigenvalue weighted by molar-refractivity contribution is -0.121. The molecule has 2 spiro atoms. The number of nitrogens with zero attached hydrogens (tertiary/aromatic N) is 10. The van der Waals surface area contributed by atoms with Crippen molar-refractivity contribution in [2.45, 2.75) is 130 Å². The van der Waals surface area contributed by atoms with E-state index in [9.17, 15) is 58.8 Å². The number of anilines is 4. The number of rotatable bonds is 22. The molecule has 716 valence electrons. The molecule has 2 aliphatic carbocycles. The minimum atomic E-state index is -1.30. The first-order valence-electron chi connectivity index (χ1n) is 46.5. The number of carbonyl (C=O) groups is 8. The van der Waals surface area contributed by atoms with Crippen molar-refractivity contribution in [2.24, 2.45) is 22.7 Å². The zero-order valence-electron chi connectivity index (χ0n) is 78.1.